The molecule has 2 aromatic rings. The molecule has 1 aliphatic heterocycles. The van der Waals surface area contributed by atoms with E-state index in [2.05, 4.69) is 10.3 Å². The van der Waals surface area contributed by atoms with Gasteiger partial charge in [0.15, 0.2) is 5.13 Å². The lowest BCUT2D eigenvalue weighted by atomic mass is 10.1. The van der Waals surface area contributed by atoms with Crippen LogP contribution in [0.5, 0.6) is 5.75 Å². The highest BCUT2D eigenvalue weighted by Crippen LogP contribution is 2.35. The maximum Gasteiger partial charge on any atom is 0.231 e. The van der Waals surface area contributed by atoms with Gasteiger partial charge in [-0.05, 0) is 18.2 Å². The molecule has 23 heavy (non-hydrogen) atoms. The van der Waals surface area contributed by atoms with Crippen LogP contribution in [0.15, 0.2) is 29.8 Å². The number of nitrogens with zero attached hydrogens (tertiary/aromatic N) is 2. The highest BCUT2D eigenvalue weighted by atomic mass is 35.5. The SMILES string of the molecule is COc1ccc(Cl)cc1N1CC(C(=O)Nc2nccs2)CC1=O. The Kier molecular flexibility index (Phi) is 4.49. The Morgan fingerprint density at radius 1 is 1.52 bits per heavy atom. The number of halogens is 1. The van der Waals surface area contributed by atoms with E-state index in [0.29, 0.717) is 21.6 Å². The number of carbonyl (C=O) groups is 2. The summed E-state index contributed by atoms with van der Waals surface area (Å²) in [6.07, 6.45) is 1.76. The molecule has 6 nitrogen and oxygen atoms in total. The molecule has 3 rings (SSSR count). The number of ether oxygens (including phenoxy) is 1. The number of anilines is 2. The Hall–Kier alpha value is -2.12. The van der Waals surface area contributed by atoms with E-state index in [0.717, 1.165) is 0 Å². The molecule has 1 aromatic heterocycles. The fourth-order valence-corrected chi connectivity index (χ4v) is 3.18. The van der Waals surface area contributed by atoms with Gasteiger partial charge in [-0.3, -0.25) is 9.59 Å². The molecule has 2 heterocycles. The number of methoxy groups -OCH3 is 1. The summed E-state index contributed by atoms with van der Waals surface area (Å²) in [5.41, 5.74) is 0.578. The summed E-state index contributed by atoms with van der Waals surface area (Å²) in [5, 5.41) is 5.54. The zero-order valence-electron chi connectivity index (χ0n) is 12.3. The smallest absolute Gasteiger partial charge is 0.231 e. The lowest BCUT2D eigenvalue weighted by molar-refractivity contribution is -0.122. The molecule has 0 aliphatic carbocycles. The van der Waals surface area contributed by atoms with Crippen LogP contribution in [0.25, 0.3) is 0 Å². The summed E-state index contributed by atoms with van der Waals surface area (Å²) >= 11 is 7.35. The summed E-state index contributed by atoms with van der Waals surface area (Å²) in [7, 11) is 1.53. The average Bonchev–Trinajstić information content (AvgIpc) is 3.16. The molecule has 120 valence electrons. The predicted molar refractivity (Wildman–Crippen MR) is 89.2 cm³/mol. The molecular formula is C15H14ClN3O3S. The minimum atomic E-state index is -0.435. The van der Waals surface area contributed by atoms with E-state index in [9.17, 15) is 9.59 Å². The lowest BCUT2D eigenvalue weighted by Crippen LogP contribution is -2.28. The summed E-state index contributed by atoms with van der Waals surface area (Å²) in [4.78, 5) is 30.1. The van der Waals surface area contributed by atoms with Crippen LogP contribution < -0.4 is 15.0 Å². The van der Waals surface area contributed by atoms with E-state index < -0.39 is 5.92 Å². The van der Waals surface area contributed by atoms with Crippen LogP contribution in [-0.4, -0.2) is 30.5 Å². The van der Waals surface area contributed by atoms with Gasteiger partial charge in [-0.2, -0.15) is 0 Å². The molecule has 2 amide bonds. The first-order chi connectivity index (χ1) is 11.1. The van der Waals surface area contributed by atoms with E-state index in [1.165, 1.54) is 23.3 Å². The zero-order chi connectivity index (χ0) is 16.4. The van der Waals surface area contributed by atoms with Crippen molar-refractivity contribution >= 4 is 45.6 Å². The van der Waals surface area contributed by atoms with Crippen molar-refractivity contribution in [3.63, 3.8) is 0 Å². The molecule has 1 aliphatic rings. The third-order valence-electron chi connectivity index (χ3n) is 3.59. The van der Waals surface area contributed by atoms with E-state index in [-0.39, 0.29) is 24.8 Å². The number of benzene rings is 1. The Morgan fingerprint density at radius 3 is 3.04 bits per heavy atom. The van der Waals surface area contributed by atoms with Gasteiger partial charge in [0.25, 0.3) is 0 Å². The molecule has 0 radical (unpaired) electrons. The molecule has 0 spiro atoms. The second-order valence-electron chi connectivity index (χ2n) is 5.05. The topological polar surface area (TPSA) is 71.5 Å². The number of aromatic nitrogens is 1. The maximum atomic E-state index is 12.3. The van der Waals surface area contributed by atoms with Gasteiger partial charge in [0.05, 0.1) is 18.7 Å². The van der Waals surface area contributed by atoms with Crippen molar-refractivity contribution < 1.29 is 14.3 Å². The standard InChI is InChI=1S/C15H14ClN3O3S/c1-22-12-3-2-10(16)7-11(12)19-8-9(6-13(19)20)14(21)18-15-17-4-5-23-15/h2-5,7,9H,6,8H2,1H3,(H,17,18,21). The van der Waals surface area contributed by atoms with E-state index in [4.69, 9.17) is 16.3 Å². The van der Waals surface area contributed by atoms with Crippen molar-refractivity contribution in [3.05, 3.63) is 34.8 Å². The van der Waals surface area contributed by atoms with Gasteiger partial charge in [-0.15, -0.1) is 11.3 Å². The van der Waals surface area contributed by atoms with Gasteiger partial charge in [0, 0.05) is 29.6 Å². The van der Waals surface area contributed by atoms with Crippen LogP contribution in [0.3, 0.4) is 0 Å². The molecule has 1 atom stereocenters. The van der Waals surface area contributed by atoms with Crippen molar-refractivity contribution in [2.45, 2.75) is 6.42 Å². The van der Waals surface area contributed by atoms with E-state index in [1.54, 1.807) is 29.8 Å². The van der Waals surface area contributed by atoms with Gasteiger partial charge in [-0.25, -0.2) is 4.98 Å². The molecular weight excluding hydrogens is 338 g/mol. The van der Waals surface area contributed by atoms with Crippen molar-refractivity contribution in [1.82, 2.24) is 4.98 Å². The van der Waals surface area contributed by atoms with Crippen LogP contribution in [0, 0.1) is 5.92 Å². The minimum absolute atomic E-state index is 0.134. The highest BCUT2D eigenvalue weighted by molar-refractivity contribution is 7.13. The number of hydrogen-bond donors (Lipinski definition) is 1. The van der Waals surface area contributed by atoms with E-state index >= 15 is 0 Å². The minimum Gasteiger partial charge on any atom is -0.495 e. The summed E-state index contributed by atoms with van der Waals surface area (Å²) in [5.74, 6) is -0.236. The van der Waals surface area contributed by atoms with Crippen LogP contribution in [0.2, 0.25) is 5.02 Å². The predicted octanol–water partition coefficient (Wildman–Crippen LogP) is 2.80. The van der Waals surface area contributed by atoms with Crippen molar-refractivity contribution in [2.24, 2.45) is 5.92 Å². The highest BCUT2D eigenvalue weighted by Gasteiger charge is 2.36. The zero-order valence-corrected chi connectivity index (χ0v) is 13.9. The number of hydrogen-bond acceptors (Lipinski definition) is 5. The van der Waals surface area contributed by atoms with Gasteiger partial charge < -0.3 is 15.0 Å². The Labute approximate surface area is 142 Å². The first-order valence-electron chi connectivity index (χ1n) is 6.92. The molecule has 0 saturated carbocycles. The van der Waals surface area contributed by atoms with Crippen LogP contribution in [0.1, 0.15) is 6.42 Å². The number of nitrogens with one attached hydrogen (secondary N) is 1. The summed E-state index contributed by atoms with van der Waals surface area (Å²) < 4.78 is 5.28. The third kappa shape index (κ3) is 3.30. The molecule has 8 heteroatoms. The van der Waals surface area contributed by atoms with Gasteiger partial charge >= 0.3 is 0 Å². The number of amides is 2. The van der Waals surface area contributed by atoms with Crippen molar-refractivity contribution in [2.75, 3.05) is 23.9 Å². The Morgan fingerprint density at radius 2 is 2.35 bits per heavy atom. The normalized spacial score (nSPS) is 17.4. The Balaban J connectivity index is 1.77. The third-order valence-corrected chi connectivity index (χ3v) is 4.51. The molecule has 1 unspecified atom stereocenters. The first-order valence-corrected chi connectivity index (χ1v) is 8.18. The largest absolute Gasteiger partial charge is 0.495 e. The lowest BCUT2D eigenvalue weighted by Gasteiger charge is -2.19. The quantitative estimate of drug-likeness (QED) is 0.919. The van der Waals surface area contributed by atoms with Crippen LogP contribution >= 0.6 is 22.9 Å². The van der Waals surface area contributed by atoms with Crippen LogP contribution in [-0.2, 0) is 9.59 Å². The first kappa shape index (κ1) is 15.8. The monoisotopic (exact) mass is 351 g/mol. The number of thiazole rings is 1. The average molecular weight is 352 g/mol. The molecule has 0 bridgehead atoms. The van der Waals surface area contributed by atoms with Gasteiger partial charge in [0.1, 0.15) is 5.75 Å². The fourth-order valence-electron chi connectivity index (χ4n) is 2.48. The number of rotatable bonds is 4. The maximum absolute atomic E-state index is 12.3. The summed E-state index contributed by atoms with van der Waals surface area (Å²) in [6.45, 7) is 0.284. The van der Waals surface area contributed by atoms with E-state index in [1.807, 2.05) is 0 Å². The number of carbonyl (C=O) groups excluding carboxylic acids is 2. The Bertz CT molecular complexity index is 736. The molecule has 1 N–H and O–H groups in total. The van der Waals surface area contributed by atoms with Crippen molar-refractivity contribution in [1.29, 1.82) is 0 Å². The molecule has 1 saturated heterocycles. The molecule has 1 fully saturated rings. The van der Waals surface area contributed by atoms with Crippen LogP contribution in [0.4, 0.5) is 10.8 Å². The van der Waals surface area contributed by atoms with Gasteiger partial charge in [0.2, 0.25) is 11.8 Å². The molecule has 1 aromatic carbocycles. The van der Waals surface area contributed by atoms with Crippen molar-refractivity contribution in [3.8, 4) is 5.75 Å². The van der Waals surface area contributed by atoms with Gasteiger partial charge in [-0.1, -0.05) is 11.6 Å². The second-order valence-corrected chi connectivity index (χ2v) is 6.38. The summed E-state index contributed by atoms with van der Waals surface area (Å²) in [6, 6.07) is 5.06. The fraction of sp³-hybridized carbons (Fsp3) is 0.267. The second kappa shape index (κ2) is 6.55.